The van der Waals surface area contributed by atoms with Gasteiger partial charge >= 0.3 is 6.18 Å². The number of para-hydroxylation sites is 2. The van der Waals surface area contributed by atoms with Gasteiger partial charge in [0.05, 0.1) is 17.8 Å². The summed E-state index contributed by atoms with van der Waals surface area (Å²) in [6.07, 6.45) is 4.39. The molecule has 6 rings (SSSR count). The molecule has 0 aromatic heterocycles. The van der Waals surface area contributed by atoms with E-state index >= 15 is 0 Å². The van der Waals surface area contributed by atoms with Gasteiger partial charge < -0.3 is 20.3 Å². The monoisotopic (exact) mass is 674 g/mol. The maximum absolute atomic E-state index is 13.7. The van der Waals surface area contributed by atoms with Gasteiger partial charge in [-0.05, 0) is 86.3 Å². The first-order chi connectivity index (χ1) is 23.7. The minimum absolute atomic E-state index is 0.0310. The van der Waals surface area contributed by atoms with Crippen molar-refractivity contribution >= 4 is 29.5 Å². The quantitative estimate of drug-likeness (QED) is 0.251. The third kappa shape index (κ3) is 8.51. The van der Waals surface area contributed by atoms with Crippen LogP contribution in [0.15, 0.2) is 78.6 Å². The fourth-order valence-corrected chi connectivity index (χ4v) is 6.82. The molecule has 2 aliphatic heterocycles. The molecular weight excluding hydrogens is 633 g/mol. The predicted molar refractivity (Wildman–Crippen MR) is 181 cm³/mol. The van der Waals surface area contributed by atoms with Crippen molar-refractivity contribution in [2.24, 2.45) is 5.92 Å². The first kappa shape index (κ1) is 34.2. The lowest BCUT2D eigenvalue weighted by atomic mass is 9.92. The third-order valence-electron chi connectivity index (χ3n) is 9.58. The number of carbonyl (C=O) groups excluding carboxylic acids is 3. The number of anilines is 1. The van der Waals surface area contributed by atoms with E-state index in [-0.39, 0.29) is 35.6 Å². The number of fused-ring (bicyclic) bond motifs is 1. The second-order valence-corrected chi connectivity index (χ2v) is 13.0. The standard InChI is InChI=1S/C38H41F3N4O4/c39-38(40,41)31-11-5-4-8-29(31)25-45-32-12-6-7-13-33(32)49-34(37(45)48)24-26-14-16-27(17-15-26)35(46)42-20-23-44-21-18-28(19-22-44)36(47)43-30-9-2-1-3-10-30/h4-8,11-17,24,28,30H,1-3,9-10,18-23,25H2,(H,42,46)(H,43,47)/b34-24-. The Labute approximate surface area is 284 Å². The highest BCUT2D eigenvalue weighted by Gasteiger charge is 2.36. The highest BCUT2D eigenvalue weighted by molar-refractivity contribution is 6.09. The van der Waals surface area contributed by atoms with Crippen molar-refractivity contribution in [2.75, 3.05) is 31.1 Å². The van der Waals surface area contributed by atoms with E-state index in [9.17, 15) is 27.6 Å². The summed E-state index contributed by atoms with van der Waals surface area (Å²) in [4.78, 5) is 42.7. The van der Waals surface area contributed by atoms with Gasteiger partial charge in [-0.25, -0.2) is 0 Å². The summed E-state index contributed by atoms with van der Waals surface area (Å²) in [5, 5.41) is 6.21. The summed E-state index contributed by atoms with van der Waals surface area (Å²) in [7, 11) is 0. The molecule has 1 saturated carbocycles. The van der Waals surface area contributed by atoms with Gasteiger partial charge in [0.15, 0.2) is 11.5 Å². The minimum atomic E-state index is -4.57. The van der Waals surface area contributed by atoms with Crippen molar-refractivity contribution in [3.8, 4) is 5.75 Å². The lowest BCUT2D eigenvalue weighted by molar-refractivity contribution is -0.138. The number of carbonyl (C=O) groups is 3. The zero-order valence-electron chi connectivity index (χ0n) is 27.3. The van der Waals surface area contributed by atoms with Gasteiger partial charge in [-0.2, -0.15) is 13.2 Å². The van der Waals surface area contributed by atoms with Crippen molar-refractivity contribution in [1.82, 2.24) is 15.5 Å². The molecule has 0 unspecified atom stereocenters. The molecule has 3 aromatic carbocycles. The normalized spacial score (nSPS) is 18.6. The van der Waals surface area contributed by atoms with Gasteiger partial charge in [-0.15, -0.1) is 0 Å². The Bertz CT molecular complexity index is 1680. The van der Waals surface area contributed by atoms with Gasteiger partial charge in [0.1, 0.15) is 0 Å². The minimum Gasteiger partial charge on any atom is -0.449 e. The first-order valence-electron chi connectivity index (χ1n) is 17.0. The van der Waals surface area contributed by atoms with Crippen LogP contribution in [0.25, 0.3) is 6.08 Å². The van der Waals surface area contributed by atoms with E-state index in [2.05, 4.69) is 15.5 Å². The maximum atomic E-state index is 13.7. The van der Waals surface area contributed by atoms with E-state index in [1.807, 2.05) is 0 Å². The van der Waals surface area contributed by atoms with Crippen LogP contribution in [0.2, 0.25) is 0 Å². The molecule has 3 aliphatic rings. The van der Waals surface area contributed by atoms with Crippen LogP contribution in [0.4, 0.5) is 18.9 Å². The molecule has 3 amide bonds. The van der Waals surface area contributed by atoms with Crippen LogP contribution in [0.5, 0.6) is 5.75 Å². The third-order valence-corrected chi connectivity index (χ3v) is 9.58. The first-order valence-corrected chi connectivity index (χ1v) is 17.0. The van der Waals surface area contributed by atoms with Gasteiger partial charge in [0.25, 0.3) is 11.8 Å². The molecule has 2 N–H and O–H groups in total. The Morgan fingerprint density at radius 2 is 1.57 bits per heavy atom. The fourth-order valence-electron chi connectivity index (χ4n) is 6.82. The molecule has 2 fully saturated rings. The molecule has 0 atom stereocenters. The maximum Gasteiger partial charge on any atom is 0.416 e. The van der Waals surface area contributed by atoms with Crippen LogP contribution in [-0.2, 0) is 22.3 Å². The Kier molecular flexibility index (Phi) is 10.7. The van der Waals surface area contributed by atoms with Crippen LogP contribution in [0.1, 0.15) is 72.0 Å². The highest BCUT2D eigenvalue weighted by atomic mass is 19.4. The number of amides is 3. The molecule has 1 saturated heterocycles. The number of benzene rings is 3. The number of rotatable bonds is 9. The molecule has 11 heteroatoms. The lowest BCUT2D eigenvalue weighted by Gasteiger charge is -2.32. The van der Waals surface area contributed by atoms with E-state index in [0.29, 0.717) is 41.7 Å². The van der Waals surface area contributed by atoms with Gasteiger partial charge in [-0.1, -0.05) is 61.7 Å². The second-order valence-electron chi connectivity index (χ2n) is 13.0. The van der Waals surface area contributed by atoms with Crippen molar-refractivity contribution in [3.63, 3.8) is 0 Å². The summed E-state index contributed by atoms with van der Waals surface area (Å²) in [5.74, 6) is -0.260. The van der Waals surface area contributed by atoms with E-state index in [4.69, 9.17) is 4.74 Å². The number of piperidine rings is 1. The van der Waals surface area contributed by atoms with Crippen molar-refractivity contribution in [1.29, 1.82) is 0 Å². The highest BCUT2D eigenvalue weighted by Crippen LogP contribution is 2.39. The Balaban J connectivity index is 1.02. The molecule has 258 valence electrons. The number of hydrogen-bond donors (Lipinski definition) is 2. The number of ether oxygens (including phenoxy) is 1. The van der Waals surface area contributed by atoms with Crippen LogP contribution >= 0.6 is 0 Å². The van der Waals surface area contributed by atoms with Crippen molar-refractivity contribution in [3.05, 3.63) is 101 Å². The molecule has 0 spiro atoms. The van der Waals surface area contributed by atoms with Crippen LogP contribution in [-0.4, -0.2) is 54.8 Å². The SMILES string of the molecule is O=C(NCCN1CCC(C(=O)NC2CCCCC2)CC1)c1ccc(/C=C2\Oc3ccccc3N(Cc3ccccc3C(F)(F)F)C2=O)cc1. The summed E-state index contributed by atoms with van der Waals surface area (Å²) in [6, 6.07) is 18.9. The Morgan fingerprint density at radius 1 is 0.878 bits per heavy atom. The topological polar surface area (TPSA) is 91.0 Å². The number of likely N-dealkylation sites (tertiary alicyclic amines) is 1. The molecule has 1 aliphatic carbocycles. The van der Waals surface area contributed by atoms with Crippen molar-refractivity contribution < 1.29 is 32.3 Å². The van der Waals surface area contributed by atoms with Crippen LogP contribution in [0, 0.1) is 5.92 Å². The number of nitrogens with zero attached hydrogens (tertiary/aromatic N) is 2. The average Bonchev–Trinajstić information content (AvgIpc) is 3.11. The van der Waals surface area contributed by atoms with Gasteiger partial charge in [-0.3, -0.25) is 19.3 Å². The van der Waals surface area contributed by atoms with Crippen molar-refractivity contribution in [2.45, 2.75) is 63.7 Å². The van der Waals surface area contributed by atoms with E-state index in [1.54, 1.807) is 48.5 Å². The van der Waals surface area contributed by atoms with Gasteiger partial charge in [0, 0.05) is 30.6 Å². The number of halogens is 3. The van der Waals surface area contributed by atoms with Crippen LogP contribution in [0.3, 0.4) is 0 Å². The van der Waals surface area contributed by atoms with E-state index in [0.717, 1.165) is 44.8 Å². The average molecular weight is 675 g/mol. The molecule has 3 aromatic rings. The molecular formula is C38H41F3N4O4. The molecule has 0 radical (unpaired) electrons. The number of nitrogens with one attached hydrogen (secondary N) is 2. The van der Waals surface area contributed by atoms with E-state index < -0.39 is 17.6 Å². The van der Waals surface area contributed by atoms with Gasteiger partial charge in [0.2, 0.25) is 5.91 Å². The molecule has 8 nitrogen and oxygen atoms in total. The summed E-state index contributed by atoms with van der Waals surface area (Å²) in [6.45, 7) is 2.51. The van der Waals surface area contributed by atoms with Crippen LogP contribution < -0.4 is 20.3 Å². The second kappa shape index (κ2) is 15.3. The van der Waals surface area contributed by atoms with E-state index in [1.165, 1.54) is 48.4 Å². The molecule has 2 heterocycles. The number of alkyl halides is 3. The summed E-state index contributed by atoms with van der Waals surface area (Å²) in [5.41, 5.74) is 0.580. The summed E-state index contributed by atoms with van der Waals surface area (Å²) >= 11 is 0. The Morgan fingerprint density at radius 3 is 2.31 bits per heavy atom. The zero-order chi connectivity index (χ0) is 34.4. The molecule has 49 heavy (non-hydrogen) atoms. The molecule has 0 bridgehead atoms. The summed E-state index contributed by atoms with van der Waals surface area (Å²) < 4.78 is 47.1. The largest absolute Gasteiger partial charge is 0.449 e. The lowest BCUT2D eigenvalue weighted by Crippen LogP contribution is -2.45. The zero-order valence-corrected chi connectivity index (χ0v) is 27.3. The Hall–Kier alpha value is -4.64. The predicted octanol–water partition coefficient (Wildman–Crippen LogP) is 6.56. The smallest absolute Gasteiger partial charge is 0.416 e. The fraction of sp³-hybridized carbons (Fsp3) is 0.395. The number of hydrogen-bond acceptors (Lipinski definition) is 5.